The van der Waals surface area contributed by atoms with E-state index in [9.17, 15) is 9.59 Å². The molecule has 0 aliphatic heterocycles. The Balaban J connectivity index is 2.02. The van der Waals surface area contributed by atoms with Crippen LogP contribution in [0.2, 0.25) is 0 Å². The summed E-state index contributed by atoms with van der Waals surface area (Å²) >= 11 is 0. The Kier molecular flexibility index (Phi) is 4.13. The summed E-state index contributed by atoms with van der Waals surface area (Å²) in [6, 6.07) is 0. The van der Waals surface area contributed by atoms with Gasteiger partial charge in [-0.15, -0.1) is 0 Å². The first-order valence-corrected chi connectivity index (χ1v) is 9.00. The number of ether oxygens (including phenoxy) is 2. The Labute approximate surface area is 144 Å². The average molecular weight is 332 g/mol. The molecular weight excluding hydrogens is 304 g/mol. The molecule has 132 valence electrons. The van der Waals surface area contributed by atoms with Gasteiger partial charge in [-0.05, 0) is 64.2 Å². The number of hydrogen-bond acceptors (Lipinski definition) is 4. The molecule has 0 heterocycles. The van der Waals surface area contributed by atoms with Crippen molar-refractivity contribution in [3.8, 4) is 0 Å². The first-order valence-electron chi connectivity index (χ1n) is 9.00. The van der Waals surface area contributed by atoms with Crippen LogP contribution in [0, 0.1) is 17.8 Å². The molecule has 0 amide bonds. The summed E-state index contributed by atoms with van der Waals surface area (Å²) in [4.78, 5) is 24.8. The van der Waals surface area contributed by atoms with E-state index in [1.54, 1.807) is 13.8 Å². The third kappa shape index (κ3) is 2.42. The molecule has 3 atom stereocenters. The molecule has 4 heteroatoms. The van der Waals surface area contributed by atoms with E-state index in [1.165, 1.54) is 6.42 Å². The highest BCUT2D eigenvalue weighted by Crippen LogP contribution is 2.64. The molecule has 0 aromatic carbocycles. The molecule has 3 unspecified atom stereocenters. The molecule has 0 aromatic heterocycles. The topological polar surface area (TPSA) is 52.6 Å². The van der Waals surface area contributed by atoms with Gasteiger partial charge in [-0.25, -0.2) is 9.59 Å². The first kappa shape index (κ1) is 17.2. The predicted molar refractivity (Wildman–Crippen MR) is 91.1 cm³/mol. The van der Waals surface area contributed by atoms with Crippen LogP contribution in [0.25, 0.3) is 0 Å². The van der Waals surface area contributed by atoms with E-state index >= 15 is 0 Å². The molecule has 4 nitrogen and oxygen atoms in total. The zero-order valence-electron chi connectivity index (χ0n) is 15.0. The van der Waals surface area contributed by atoms with E-state index < -0.39 is 11.2 Å². The van der Waals surface area contributed by atoms with Gasteiger partial charge >= 0.3 is 11.9 Å². The maximum atomic E-state index is 12.4. The second-order valence-electron chi connectivity index (χ2n) is 8.12. The van der Waals surface area contributed by atoms with Gasteiger partial charge < -0.3 is 9.47 Å². The summed E-state index contributed by atoms with van der Waals surface area (Å²) in [5.41, 5.74) is -0.667. The van der Waals surface area contributed by atoms with Crippen molar-refractivity contribution in [1.82, 2.24) is 0 Å². The van der Waals surface area contributed by atoms with Gasteiger partial charge in [0.2, 0.25) is 0 Å². The summed E-state index contributed by atoms with van der Waals surface area (Å²) in [7, 11) is 0. The Morgan fingerprint density at radius 2 is 1.46 bits per heavy atom. The molecule has 0 spiro atoms. The van der Waals surface area contributed by atoms with Gasteiger partial charge in [-0.1, -0.05) is 20.1 Å². The number of carbonyl (C=O) groups excluding carboxylic acids is 2. The highest BCUT2D eigenvalue weighted by molar-refractivity contribution is 5.88. The summed E-state index contributed by atoms with van der Waals surface area (Å²) in [5.74, 6) is 0.624. The summed E-state index contributed by atoms with van der Waals surface area (Å²) in [6.07, 6.45) is 5.55. The second-order valence-corrected chi connectivity index (χ2v) is 8.12. The Bertz CT molecular complexity index is 591. The SMILES string of the molecule is C=C(C)C(=O)OC12CC3CC(CC(C3)C1(CC)OC(=O)C(=C)C)C2. The van der Waals surface area contributed by atoms with Crippen molar-refractivity contribution < 1.29 is 19.1 Å². The van der Waals surface area contributed by atoms with Crippen molar-refractivity contribution in [3.63, 3.8) is 0 Å². The zero-order valence-corrected chi connectivity index (χ0v) is 15.0. The van der Waals surface area contributed by atoms with E-state index in [-0.39, 0.29) is 17.9 Å². The minimum atomic E-state index is -0.735. The molecule has 24 heavy (non-hydrogen) atoms. The van der Waals surface area contributed by atoms with Crippen LogP contribution in [0.1, 0.15) is 59.3 Å². The minimum absolute atomic E-state index is 0.259. The Morgan fingerprint density at radius 1 is 0.958 bits per heavy atom. The van der Waals surface area contributed by atoms with Gasteiger partial charge in [-0.3, -0.25) is 0 Å². The fourth-order valence-electron chi connectivity index (χ4n) is 5.56. The lowest BCUT2D eigenvalue weighted by Gasteiger charge is -2.65. The maximum absolute atomic E-state index is 12.4. The lowest BCUT2D eigenvalue weighted by Crippen LogP contribution is -2.71. The number of esters is 2. The molecule has 4 rings (SSSR count). The Hall–Kier alpha value is -1.58. The smallest absolute Gasteiger partial charge is 0.333 e. The minimum Gasteiger partial charge on any atom is -0.451 e. The number of hydrogen-bond donors (Lipinski definition) is 0. The molecule has 0 saturated heterocycles. The quantitative estimate of drug-likeness (QED) is 0.565. The van der Waals surface area contributed by atoms with Crippen molar-refractivity contribution in [2.75, 3.05) is 0 Å². The van der Waals surface area contributed by atoms with E-state index in [0.29, 0.717) is 29.4 Å². The van der Waals surface area contributed by atoms with Gasteiger partial charge in [0, 0.05) is 17.1 Å². The fourth-order valence-corrected chi connectivity index (χ4v) is 5.56. The van der Waals surface area contributed by atoms with E-state index in [2.05, 4.69) is 13.2 Å². The number of rotatable bonds is 5. The van der Waals surface area contributed by atoms with Gasteiger partial charge in [0.25, 0.3) is 0 Å². The highest BCUT2D eigenvalue weighted by atomic mass is 16.6. The Morgan fingerprint density at radius 3 is 1.92 bits per heavy atom. The second kappa shape index (κ2) is 5.75. The summed E-state index contributed by atoms with van der Waals surface area (Å²) in [6.45, 7) is 12.8. The highest BCUT2D eigenvalue weighted by Gasteiger charge is 2.69. The van der Waals surface area contributed by atoms with Crippen molar-refractivity contribution in [2.24, 2.45) is 17.8 Å². The average Bonchev–Trinajstić information content (AvgIpc) is 2.49. The molecule has 4 aliphatic carbocycles. The molecule has 0 radical (unpaired) electrons. The molecule has 0 N–H and O–H groups in total. The van der Waals surface area contributed by atoms with Crippen molar-refractivity contribution in [3.05, 3.63) is 24.3 Å². The maximum Gasteiger partial charge on any atom is 0.333 e. The zero-order chi connectivity index (χ0) is 17.7. The monoisotopic (exact) mass is 332 g/mol. The number of carbonyl (C=O) groups is 2. The third-order valence-corrected chi connectivity index (χ3v) is 6.35. The fraction of sp³-hybridized carbons (Fsp3) is 0.700. The molecule has 4 bridgehead atoms. The van der Waals surface area contributed by atoms with Crippen LogP contribution in [0.3, 0.4) is 0 Å². The van der Waals surface area contributed by atoms with Crippen molar-refractivity contribution >= 4 is 11.9 Å². The van der Waals surface area contributed by atoms with E-state index in [1.807, 2.05) is 6.92 Å². The predicted octanol–water partition coefficient (Wildman–Crippen LogP) is 3.95. The largest absolute Gasteiger partial charge is 0.451 e. The van der Waals surface area contributed by atoms with Crippen LogP contribution < -0.4 is 0 Å². The van der Waals surface area contributed by atoms with Gasteiger partial charge in [0.15, 0.2) is 11.2 Å². The molecular formula is C20H28O4. The van der Waals surface area contributed by atoms with Crippen molar-refractivity contribution in [1.29, 1.82) is 0 Å². The van der Waals surface area contributed by atoms with Crippen LogP contribution in [0.4, 0.5) is 0 Å². The van der Waals surface area contributed by atoms with Crippen LogP contribution in [-0.2, 0) is 19.1 Å². The van der Waals surface area contributed by atoms with E-state index in [4.69, 9.17) is 9.47 Å². The molecule has 4 saturated carbocycles. The van der Waals surface area contributed by atoms with Crippen molar-refractivity contribution in [2.45, 2.75) is 70.5 Å². The third-order valence-electron chi connectivity index (χ3n) is 6.35. The molecule has 0 aromatic rings. The lowest BCUT2D eigenvalue weighted by molar-refractivity contribution is -0.281. The molecule has 4 fully saturated rings. The summed E-state index contributed by atoms with van der Waals surface area (Å²) < 4.78 is 12.1. The first-order chi connectivity index (χ1) is 11.2. The van der Waals surface area contributed by atoms with Gasteiger partial charge in [0.05, 0.1) is 0 Å². The van der Waals surface area contributed by atoms with Gasteiger partial charge in [0.1, 0.15) is 0 Å². The normalized spacial score (nSPS) is 39.4. The van der Waals surface area contributed by atoms with Crippen LogP contribution in [-0.4, -0.2) is 23.1 Å². The summed E-state index contributed by atoms with van der Waals surface area (Å²) in [5, 5.41) is 0. The standard InChI is InChI=1S/C20H28O4/c1-6-20(24-18(22)13(4)5)16-8-14-7-15(9-16)11-19(20,10-14)23-17(21)12(2)3/h14-16H,2,4,6-11H2,1,3,5H3. The lowest BCUT2D eigenvalue weighted by atomic mass is 9.47. The van der Waals surface area contributed by atoms with Gasteiger partial charge in [-0.2, -0.15) is 0 Å². The van der Waals surface area contributed by atoms with Crippen LogP contribution in [0.5, 0.6) is 0 Å². The van der Waals surface area contributed by atoms with E-state index in [0.717, 1.165) is 25.7 Å². The molecule has 4 aliphatic rings. The van der Waals surface area contributed by atoms with Crippen LogP contribution >= 0.6 is 0 Å². The van der Waals surface area contributed by atoms with Crippen LogP contribution in [0.15, 0.2) is 24.3 Å².